The second kappa shape index (κ2) is 7.54. The van der Waals surface area contributed by atoms with E-state index in [1.807, 2.05) is 0 Å². The van der Waals surface area contributed by atoms with Gasteiger partial charge in [0, 0.05) is 16.9 Å². The number of nitrogens with zero attached hydrogens (tertiary/aromatic N) is 2. The average Bonchev–Trinajstić information content (AvgIpc) is 3.15. The molecule has 1 unspecified atom stereocenters. The van der Waals surface area contributed by atoms with Crippen LogP contribution in [0.15, 0.2) is 42.5 Å². The molecule has 31 heavy (non-hydrogen) atoms. The summed E-state index contributed by atoms with van der Waals surface area (Å²) in [5.74, 6) is -0.317. The lowest BCUT2D eigenvalue weighted by Crippen LogP contribution is -2.34. The number of hydrogen-bond acceptors (Lipinski definition) is 4. The minimum Gasteiger partial charge on any atom is -0.479 e. The number of aromatic nitrogens is 2. The number of fused-ring (bicyclic) bond motifs is 2. The molecule has 0 fully saturated rings. The molecule has 158 valence electrons. The predicted molar refractivity (Wildman–Crippen MR) is 113 cm³/mol. The van der Waals surface area contributed by atoms with E-state index in [-0.39, 0.29) is 17.6 Å². The van der Waals surface area contributed by atoms with Crippen LogP contribution in [0.5, 0.6) is 5.75 Å². The molecule has 2 aliphatic rings. The molecule has 2 aromatic carbocycles. The van der Waals surface area contributed by atoms with Crippen LogP contribution < -0.4 is 15.4 Å². The molecule has 1 aromatic heterocycles. The van der Waals surface area contributed by atoms with Gasteiger partial charge in [-0.25, -0.2) is 9.07 Å². The lowest BCUT2D eigenvalue weighted by atomic mass is 9.95. The van der Waals surface area contributed by atoms with Crippen LogP contribution in [0, 0.1) is 5.82 Å². The molecule has 7 nitrogen and oxygen atoms in total. The van der Waals surface area contributed by atoms with Crippen LogP contribution in [-0.4, -0.2) is 27.7 Å². The van der Waals surface area contributed by atoms with Gasteiger partial charge in [-0.15, -0.1) is 0 Å². The minimum atomic E-state index is -0.560. The number of rotatable bonds is 3. The summed E-state index contributed by atoms with van der Waals surface area (Å²) in [4.78, 5) is 25.0. The van der Waals surface area contributed by atoms with Crippen molar-refractivity contribution in [1.82, 2.24) is 9.78 Å². The van der Waals surface area contributed by atoms with E-state index in [9.17, 15) is 14.0 Å². The fourth-order valence-electron chi connectivity index (χ4n) is 4.05. The normalized spacial score (nSPS) is 17.2. The summed E-state index contributed by atoms with van der Waals surface area (Å²) >= 11 is 0. The molecule has 0 saturated carbocycles. The Hall–Kier alpha value is -3.68. The molecule has 2 amide bonds. The third-order valence-corrected chi connectivity index (χ3v) is 5.63. The Morgan fingerprint density at radius 3 is 2.77 bits per heavy atom. The van der Waals surface area contributed by atoms with E-state index < -0.39 is 6.10 Å². The average molecular weight is 420 g/mol. The summed E-state index contributed by atoms with van der Waals surface area (Å²) in [7, 11) is 0. The molecule has 5 rings (SSSR count). The number of carbonyl (C=O) groups excluding carboxylic acids is 2. The zero-order valence-electron chi connectivity index (χ0n) is 16.9. The first-order valence-electron chi connectivity index (χ1n) is 10.3. The summed E-state index contributed by atoms with van der Waals surface area (Å²) in [5.41, 5.74) is 4.05. The van der Waals surface area contributed by atoms with Crippen LogP contribution in [-0.2, 0) is 17.6 Å². The Morgan fingerprint density at radius 2 is 1.97 bits per heavy atom. The van der Waals surface area contributed by atoms with Gasteiger partial charge < -0.3 is 15.4 Å². The SMILES string of the molecule is CC1Oc2ccc(NC(=O)c3nn(-c4ccc(F)cc4)c4c3CCCC4)cc2NC1=O. The Balaban J connectivity index is 1.45. The van der Waals surface area contributed by atoms with Gasteiger partial charge in [-0.1, -0.05) is 0 Å². The Bertz CT molecular complexity index is 1190. The first-order valence-corrected chi connectivity index (χ1v) is 10.3. The van der Waals surface area contributed by atoms with Crippen molar-refractivity contribution in [2.45, 2.75) is 38.7 Å². The predicted octanol–water partition coefficient (Wildman–Crippen LogP) is 3.86. The first-order chi connectivity index (χ1) is 15.0. The molecule has 8 heteroatoms. The molecule has 0 saturated heterocycles. The smallest absolute Gasteiger partial charge is 0.276 e. The van der Waals surface area contributed by atoms with E-state index in [0.29, 0.717) is 22.8 Å². The van der Waals surface area contributed by atoms with Crippen molar-refractivity contribution in [3.63, 3.8) is 0 Å². The summed E-state index contributed by atoms with van der Waals surface area (Å²) in [6.45, 7) is 1.68. The van der Waals surface area contributed by atoms with Gasteiger partial charge in [0.25, 0.3) is 11.8 Å². The van der Waals surface area contributed by atoms with Crippen molar-refractivity contribution < 1.29 is 18.7 Å². The second-order valence-electron chi connectivity index (χ2n) is 7.78. The van der Waals surface area contributed by atoms with Crippen LogP contribution in [0.2, 0.25) is 0 Å². The minimum absolute atomic E-state index is 0.233. The van der Waals surface area contributed by atoms with Crippen LogP contribution in [0.4, 0.5) is 15.8 Å². The van der Waals surface area contributed by atoms with Gasteiger partial charge in [0.05, 0.1) is 11.4 Å². The lowest BCUT2D eigenvalue weighted by Gasteiger charge is -2.23. The number of halogens is 1. The molecule has 2 heterocycles. The monoisotopic (exact) mass is 420 g/mol. The molecule has 1 atom stereocenters. The Labute approximate surface area is 178 Å². The zero-order chi connectivity index (χ0) is 21.5. The van der Waals surface area contributed by atoms with Crippen molar-refractivity contribution >= 4 is 23.2 Å². The van der Waals surface area contributed by atoms with Gasteiger partial charge in [-0.2, -0.15) is 5.10 Å². The number of hydrogen-bond donors (Lipinski definition) is 2. The van der Waals surface area contributed by atoms with Crippen LogP contribution in [0.1, 0.15) is 41.5 Å². The van der Waals surface area contributed by atoms with E-state index in [4.69, 9.17) is 4.74 Å². The summed E-state index contributed by atoms with van der Waals surface area (Å²) in [5, 5.41) is 10.2. The largest absolute Gasteiger partial charge is 0.479 e. The summed E-state index contributed by atoms with van der Waals surface area (Å²) < 4.78 is 20.7. The molecule has 0 radical (unpaired) electrons. The maximum absolute atomic E-state index is 13.4. The zero-order valence-corrected chi connectivity index (χ0v) is 16.9. The number of anilines is 2. The Morgan fingerprint density at radius 1 is 1.19 bits per heavy atom. The molecule has 1 aliphatic carbocycles. The third-order valence-electron chi connectivity index (χ3n) is 5.63. The van der Waals surface area contributed by atoms with Crippen LogP contribution >= 0.6 is 0 Å². The fourth-order valence-corrected chi connectivity index (χ4v) is 4.05. The first kappa shape index (κ1) is 19.3. The van der Waals surface area contributed by atoms with Gasteiger partial charge in [0.1, 0.15) is 11.6 Å². The van der Waals surface area contributed by atoms with Gasteiger partial charge in [0.2, 0.25) is 0 Å². The van der Waals surface area contributed by atoms with Gasteiger partial charge in [0.15, 0.2) is 11.8 Å². The molecular formula is C23H21FN4O3. The van der Waals surface area contributed by atoms with Gasteiger partial charge in [-0.05, 0) is 75.1 Å². The van der Waals surface area contributed by atoms with Crippen molar-refractivity contribution in [2.75, 3.05) is 10.6 Å². The van der Waals surface area contributed by atoms with Crippen molar-refractivity contribution in [3.8, 4) is 11.4 Å². The molecular weight excluding hydrogens is 399 g/mol. The number of ether oxygens (including phenoxy) is 1. The number of benzene rings is 2. The molecule has 3 aromatic rings. The Kier molecular flexibility index (Phi) is 4.69. The van der Waals surface area contributed by atoms with Gasteiger partial charge >= 0.3 is 0 Å². The molecule has 2 N–H and O–H groups in total. The molecule has 0 bridgehead atoms. The number of nitrogens with one attached hydrogen (secondary N) is 2. The molecule has 0 spiro atoms. The lowest BCUT2D eigenvalue weighted by molar-refractivity contribution is -0.122. The number of amides is 2. The van der Waals surface area contributed by atoms with Gasteiger partial charge in [-0.3, -0.25) is 9.59 Å². The highest BCUT2D eigenvalue weighted by Crippen LogP contribution is 2.33. The van der Waals surface area contributed by atoms with Crippen LogP contribution in [0.3, 0.4) is 0 Å². The van der Waals surface area contributed by atoms with E-state index in [1.165, 1.54) is 12.1 Å². The third kappa shape index (κ3) is 3.54. The quantitative estimate of drug-likeness (QED) is 0.674. The van der Waals surface area contributed by atoms with Crippen molar-refractivity contribution in [1.29, 1.82) is 0 Å². The van der Waals surface area contributed by atoms with E-state index in [1.54, 1.807) is 41.9 Å². The van der Waals surface area contributed by atoms with E-state index in [2.05, 4.69) is 15.7 Å². The highest BCUT2D eigenvalue weighted by atomic mass is 19.1. The van der Waals surface area contributed by atoms with E-state index >= 15 is 0 Å². The highest BCUT2D eigenvalue weighted by Gasteiger charge is 2.27. The standard InChI is InChI=1S/C23H21FN4O3/c1-13-22(29)26-18-12-15(8-11-20(18)31-13)25-23(30)21-17-4-2-3-5-19(17)28(27-21)16-9-6-14(24)7-10-16/h6-13H,2-5H2,1H3,(H,25,30)(H,26,29). The highest BCUT2D eigenvalue weighted by molar-refractivity contribution is 6.05. The fraction of sp³-hybridized carbons (Fsp3) is 0.261. The topological polar surface area (TPSA) is 85.2 Å². The van der Waals surface area contributed by atoms with E-state index in [0.717, 1.165) is 42.6 Å². The second-order valence-corrected chi connectivity index (χ2v) is 7.78. The summed E-state index contributed by atoms with van der Waals surface area (Å²) in [6, 6.07) is 11.2. The summed E-state index contributed by atoms with van der Waals surface area (Å²) in [6.07, 6.45) is 3.03. The molecule has 1 aliphatic heterocycles. The van der Waals surface area contributed by atoms with Crippen molar-refractivity contribution in [3.05, 3.63) is 65.2 Å². The number of carbonyl (C=O) groups is 2. The maximum Gasteiger partial charge on any atom is 0.276 e. The van der Waals surface area contributed by atoms with Crippen LogP contribution in [0.25, 0.3) is 5.69 Å². The maximum atomic E-state index is 13.4. The van der Waals surface area contributed by atoms with Crippen molar-refractivity contribution in [2.24, 2.45) is 0 Å².